The summed E-state index contributed by atoms with van der Waals surface area (Å²) in [6.45, 7) is 3.10. The second kappa shape index (κ2) is 5.68. The van der Waals surface area contributed by atoms with Crippen LogP contribution in [-0.4, -0.2) is 17.1 Å². The fraction of sp³-hybridized carbons (Fsp3) is 0.250. The monoisotopic (exact) mass is 259 g/mol. The van der Waals surface area contributed by atoms with Gasteiger partial charge in [0.2, 0.25) is 0 Å². The minimum atomic E-state index is -4.45. The number of halogens is 3. The first kappa shape index (κ1) is 14.2. The number of rotatable bonds is 5. The Labute approximate surface area is 102 Å². The molecule has 2 N–H and O–H groups in total. The van der Waals surface area contributed by atoms with Gasteiger partial charge in [0.05, 0.1) is 5.56 Å². The Morgan fingerprint density at radius 1 is 1.44 bits per heavy atom. The summed E-state index contributed by atoms with van der Waals surface area (Å²) in [5.74, 6) is -1.19. The molecular formula is C12H12F3NO2. The van der Waals surface area contributed by atoms with E-state index in [0.717, 1.165) is 12.1 Å². The SMILES string of the molecule is C=CC(NCc1ccccc1C(F)(F)F)C(=O)O. The maximum Gasteiger partial charge on any atom is 0.416 e. The van der Waals surface area contributed by atoms with E-state index in [1.807, 2.05) is 0 Å². The Kier molecular flexibility index (Phi) is 4.49. The highest BCUT2D eigenvalue weighted by atomic mass is 19.4. The zero-order valence-corrected chi connectivity index (χ0v) is 9.37. The number of hydrogen-bond donors (Lipinski definition) is 2. The lowest BCUT2D eigenvalue weighted by Gasteiger charge is -2.15. The average molecular weight is 259 g/mol. The molecule has 0 saturated heterocycles. The second-order valence-electron chi connectivity index (χ2n) is 3.59. The molecule has 98 valence electrons. The molecule has 0 aliphatic heterocycles. The van der Waals surface area contributed by atoms with Crippen molar-refractivity contribution < 1.29 is 23.1 Å². The van der Waals surface area contributed by atoms with Crippen LogP contribution in [0.3, 0.4) is 0 Å². The number of benzene rings is 1. The maximum atomic E-state index is 12.6. The summed E-state index contributed by atoms with van der Waals surface area (Å²) in [5, 5.41) is 11.2. The summed E-state index contributed by atoms with van der Waals surface area (Å²) in [5.41, 5.74) is -0.774. The van der Waals surface area contributed by atoms with Crippen molar-refractivity contribution in [3.05, 3.63) is 48.0 Å². The number of carboxylic acids is 1. The fourth-order valence-corrected chi connectivity index (χ4v) is 1.44. The lowest BCUT2D eigenvalue weighted by molar-refractivity contribution is -0.138. The van der Waals surface area contributed by atoms with Crippen molar-refractivity contribution in [1.29, 1.82) is 0 Å². The van der Waals surface area contributed by atoms with Crippen LogP contribution in [0.5, 0.6) is 0 Å². The molecule has 0 aliphatic carbocycles. The Morgan fingerprint density at radius 2 is 2.06 bits per heavy atom. The average Bonchev–Trinajstić information content (AvgIpc) is 2.28. The van der Waals surface area contributed by atoms with Crippen LogP contribution in [0, 0.1) is 0 Å². The van der Waals surface area contributed by atoms with Gasteiger partial charge < -0.3 is 5.11 Å². The molecule has 0 amide bonds. The van der Waals surface area contributed by atoms with Crippen LogP contribution in [0.2, 0.25) is 0 Å². The third kappa shape index (κ3) is 3.59. The Balaban J connectivity index is 2.85. The Morgan fingerprint density at radius 3 is 2.56 bits per heavy atom. The normalized spacial score (nSPS) is 13.1. The lowest BCUT2D eigenvalue weighted by Crippen LogP contribution is -2.34. The maximum absolute atomic E-state index is 12.6. The van der Waals surface area contributed by atoms with E-state index in [9.17, 15) is 18.0 Å². The van der Waals surface area contributed by atoms with E-state index < -0.39 is 23.8 Å². The van der Waals surface area contributed by atoms with Crippen molar-refractivity contribution in [3.63, 3.8) is 0 Å². The molecule has 0 saturated carbocycles. The van der Waals surface area contributed by atoms with E-state index in [4.69, 9.17) is 5.11 Å². The number of nitrogens with one attached hydrogen (secondary N) is 1. The van der Waals surface area contributed by atoms with Gasteiger partial charge in [-0.2, -0.15) is 13.2 Å². The van der Waals surface area contributed by atoms with Gasteiger partial charge in [-0.25, -0.2) is 0 Å². The summed E-state index contributed by atoms with van der Waals surface area (Å²) in [6, 6.07) is 3.94. The molecule has 1 unspecified atom stereocenters. The standard InChI is InChI=1S/C12H12F3NO2/c1-2-10(11(17)18)16-7-8-5-3-4-6-9(8)12(13,14)15/h2-6,10,16H,1,7H2,(H,17,18). The molecule has 0 aromatic heterocycles. The van der Waals surface area contributed by atoms with Crippen molar-refractivity contribution in [2.45, 2.75) is 18.8 Å². The topological polar surface area (TPSA) is 49.3 Å². The molecular weight excluding hydrogens is 247 g/mol. The first-order chi connectivity index (χ1) is 8.36. The summed E-state index contributed by atoms with van der Waals surface area (Å²) < 4.78 is 37.9. The van der Waals surface area contributed by atoms with Crippen LogP contribution in [-0.2, 0) is 17.5 Å². The van der Waals surface area contributed by atoms with E-state index >= 15 is 0 Å². The molecule has 0 heterocycles. The van der Waals surface area contributed by atoms with E-state index in [1.54, 1.807) is 0 Å². The van der Waals surface area contributed by atoms with Crippen molar-refractivity contribution in [2.75, 3.05) is 0 Å². The predicted molar refractivity (Wildman–Crippen MR) is 59.9 cm³/mol. The number of hydrogen-bond acceptors (Lipinski definition) is 2. The van der Waals surface area contributed by atoms with Gasteiger partial charge in [0.15, 0.2) is 0 Å². The molecule has 0 fully saturated rings. The van der Waals surface area contributed by atoms with Gasteiger partial charge in [-0.3, -0.25) is 10.1 Å². The molecule has 0 aliphatic rings. The summed E-state index contributed by atoms with van der Waals surface area (Å²) in [4.78, 5) is 10.7. The van der Waals surface area contributed by atoms with Gasteiger partial charge in [-0.05, 0) is 11.6 Å². The second-order valence-corrected chi connectivity index (χ2v) is 3.59. The van der Waals surface area contributed by atoms with E-state index in [1.165, 1.54) is 18.2 Å². The first-order valence-electron chi connectivity index (χ1n) is 5.10. The molecule has 0 bridgehead atoms. The molecule has 1 aromatic rings. The highest BCUT2D eigenvalue weighted by Crippen LogP contribution is 2.31. The van der Waals surface area contributed by atoms with Gasteiger partial charge in [-0.1, -0.05) is 24.3 Å². The minimum Gasteiger partial charge on any atom is -0.480 e. The van der Waals surface area contributed by atoms with Gasteiger partial charge >= 0.3 is 12.1 Å². The number of aliphatic carboxylic acids is 1. The van der Waals surface area contributed by atoms with Gasteiger partial charge in [0.25, 0.3) is 0 Å². The van der Waals surface area contributed by atoms with Crippen molar-refractivity contribution >= 4 is 5.97 Å². The van der Waals surface area contributed by atoms with Crippen LogP contribution in [0.15, 0.2) is 36.9 Å². The van der Waals surface area contributed by atoms with Gasteiger partial charge in [-0.15, -0.1) is 6.58 Å². The summed E-state index contributed by atoms with van der Waals surface area (Å²) >= 11 is 0. The number of carboxylic acid groups (broad SMARTS) is 1. The smallest absolute Gasteiger partial charge is 0.416 e. The van der Waals surface area contributed by atoms with Crippen LogP contribution in [0.4, 0.5) is 13.2 Å². The van der Waals surface area contributed by atoms with Crippen molar-refractivity contribution in [1.82, 2.24) is 5.32 Å². The first-order valence-corrected chi connectivity index (χ1v) is 5.10. The summed E-state index contributed by atoms with van der Waals surface area (Å²) in [6.07, 6.45) is -3.33. The fourth-order valence-electron chi connectivity index (χ4n) is 1.44. The number of alkyl halides is 3. The highest BCUT2D eigenvalue weighted by molar-refractivity contribution is 5.75. The van der Waals surface area contributed by atoms with E-state index in [2.05, 4.69) is 11.9 Å². The van der Waals surface area contributed by atoms with E-state index in [0.29, 0.717) is 0 Å². The Hall–Kier alpha value is -1.82. The van der Waals surface area contributed by atoms with Gasteiger partial charge in [0.1, 0.15) is 6.04 Å². The molecule has 18 heavy (non-hydrogen) atoms. The molecule has 1 atom stereocenters. The van der Waals surface area contributed by atoms with Crippen molar-refractivity contribution in [2.24, 2.45) is 0 Å². The number of carbonyl (C=O) groups is 1. The third-order valence-electron chi connectivity index (χ3n) is 2.34. The quantitative estimate of drug-likeness (QED) is 0.798. The van der Waals surface area contributed by atoms with Crippen molar-refractivity contribution in [3.8, 4) is 0 Å². The molecule has 3 nitrogen and oxygen atoms in total. The largest absolute Gasteiger partial charge is 0.480 e. The van der Waals surface area contributed by atoms with Gasteiger partial charge in [0, 0.05) is 6.54 Å². The summed E-state index contributed by atoms with van der Waals surface area (Å²) in [7, 11) is 0. The Bertz CT molecular complexity index is 443. The third-order valence-corrected chi connectivity index (χ3v) is 2.34. The molecule has 1 aromatic carbocycles. The van der Waals surface area contributed by atoms with E-state index in [-0.39, 0.29) is 12.1 Å². The van der Waals surface area contributed by atoms with Crippen LogP contribution >= 0.6 is 0 Å². The molecule has 0 spiro atoms. The lowest BCUT2D eigenvalue weighted by atomic mass is 10.1. The molecule has 0 radical (unpaired) electrons. The molecule has 6 heteroatoms. The minimum absolute atomic E-state index is 0.00176. The van der Waals surface area contributed by atoms with Crippen LogP contribution in [0.1, 0.15) is 11.1 Å². The predicted octanol–water partition coefficient (Wildman–Crippen LogP) is 2.43. The van der Waals surface area contributed by atoms with Crippen LogP contribution < -0.4 is 5.32 Å². The molecule has 1 rings (SSSR count). The highest BCUT2D eigenvalue weighted by Gasteiger charge is 2.32. The van der Waals surface area contributed by atoms with Crippen LogP contribution in [0.25, 0.3) is 0 Å². The zero-order chi connectivity index (χ0) is 13.8. The zero-order valence-electron chi connectivity index (χ0n) is 9.37.